The van der Waals surface area contributed by atoms with Gasteiger partial charge in [0.25, 0.3) is 0 Å². The van der Waals surface area contributed by atoms with E-state index < -0.39 is 17.7 Å². The lowest BCUT2D eigenvalue weighted by Crippen LogP contribution is -2.44. The molecule has 1 aliphatic rings. The van der Waals surface area contributed by atoms with Crippen LogP contribution in [-0.4, -0.2) is 37.2 Å². The van der Waals surface area contributed by atoms with Gasteiger partial charge in [0.05, 0.1) is 24.0 Å². The Kier molecular flexibility index (Phi) is 4.07. The molecule has 0 saturated carbocycles. The Labute approximate surface area is 128 Å². The summed E-state index contributed by atoms with van der Waals surface area (Å²) in [6.07, 6.45) is -0.648. The van der Waals surface area contributed by atoms with Crippen LogP contribution < -0.4 is 10.2 Å². The number of nitrogens with zero attached hydrogens (tertiary/aromatic N) is 1. The molecule has 1 aromatic carbocycles. The molecular formula is C15H18N2O5. The Morgan fingerprint density at radius 2 is 1.95 bits per heavy atom. The highest BCUT2D eigenvalue weighted by Crippen LogP contribution is 2.31. The molecule has 0 fully saturated rings. The quantitative estimate of drug-likeness (QED) is 0.804. The van der Waals surface area contributed by atoms with Crippen molar-refractivity contribution in [2.24, 2.45) is 0 Å². The average molecular weight is 306 g/mol. The second-order valence-corrected chi connectivity index (χ2v) is 5.84. The molecule has 1 N–H and O–H groups in total. The average Bonchev–Trinajstić information content (AvgIpc) is 2.43. The molecule has 1 aromatic rings. The highest BCUT2D eigenvalue weighted by atomic mass is 16.6. The Bertz CT molecular complexity index is 633. The van der Waals surface area contributed by atoms with Crippen LogP contribution in [0.2, 0.25) is 0 Å². The van der Waals surface area contributed by atoms with E-state index in [9.17, 15) is 14.4 Å². The number of ether oxygens (including phenoxy) is 2. The smallest absolute Gasteiger partial charge is 0.415 e. The fraction of sp³-hybridized carbons (Fsp3) is 0.400. The highest BCUT2D eigenvalue weighted by Gasteiger charge is 2.31. The second kappa shape index (κ2) is 5.67. The monoisotopic (exact) mass is 306 g/mol. The second-order valence-electron chi connectivity index (χ2n) is 5.84. The maximum absolute atomic E-state index is 12.3. The molecule has 22 heavy (non-hydrogen) atoms. The summed E-state index contributed by atoms with van der Waals surface area (Å²) in [5, 5.41) is 2.65. The van der Waals surface area contributed by atoms with E-state index in [4.69, 9.17) is 4.74 Å². The number of nitrogens with one attached hydrogen (secondary N) is 1. The van der Waals surface area contributed by atoms with Crippen molar-refractivity contribution in [1.29, 1.82) is 0 Å². The van der Waals surface area contributed by atoms with Crippen molar-refractivity contribution in [3.8, 4) is 0 Å². The molecule has 0 saturated heterocycles. The first-order valence-corrected chi connectivity index (χ1v) is 6.74. The molecule has 7 heteroatoms. The van der Waals surface area contributed by atoms with Gasteiger partial charge in [0.1, 0.15) is 12.1 Å². The van der Waals surface area contributed by atoms with Gasteiger partial charge >= 0.3 is 12.1 Å². The molecule has 0 spiro atoms. The molecule has 0 aliphatic carbocycles. The maximum atomic E-state index is 12.3. The summed E-state index contributed by atoms with van der Waals surface area (Å²) in [6, 6.07) is 4.56. The largest absolute Gasteiger partial charge is 0.465 e. The number of carbonyl (C=O) groups is 3. The van der Waals surface area contributed by atoms with Crippen LogP contribution in [0.4, 0.5) is 16.2 Å². The molecule has 0 unspecified atom stereocenters. The lowest BCUT2D eigenvalue weighted by Gasteiger charge is -2.31. The zero-order valence-electron chi connectivity index (χ0n) is 12.9. The van der Waals surface area contributed by atoms with E-state index >= 15 is 0 Å². The number of carbonyl (C=O) groups excluding carboxylic acids is 3. The van der Waals surface area contributed by atoms with E-state index in [1.54, 1.807) is 26.8 Å². The van der Waals surface area contributed by atoms with Gasteiger partial charge in [-0.3, -0.25) is 9.69 Å². The van der Waals surface area contributed by atoms with E-state index in [0.717, 1.165) is 0 Å². The van der Waals surface area contributed by atoms with Gasteiger partial charge in [0, 0.05) is 0 Å². The molecular weight excluding hydrogens is 288 g/mol. The van der Waals surface area contributed by atoms with Crippen molar-refractivity contribution in [3.63, 3.8) is 0 Å². The maximum Gasteiger partial charge on any atom is 0.415 e. The van der Waals surface area contributed by atoms with Crippen LogP contribution in [0.3, 0.4) is 0 Å². The number of hydrogen-bond donors (Lipinski definition) is 1. The standard InChI is InChI=1S/C15H18N2O5/c1-15(2,3)22-14(20)17-8-12(18)16-10-6-5-9(7-11(10)17)13(19)21-4/h5-7H,8H2,1-4H3,(H,16,18). The lowest BCUT2D eigenvalue weighted by molar-refractivity contribution is -0.115. The number of hydrogen-bond acceptors (Lipinski definition) is 5. The van der Waals surface area contributed by atoms with Crippen LogP contribution in [0.25, 0.3) is 0 Å². The number of fused-ring (bicyclic) bond motifs is 1. The molecule has 1 aliphatic heterocycles. The van der Waals surface area contributed by atoms with E-state index in [1.165, 1.54) is 24.1 Å². The minimum absolute atomic E-state index is 0.174. The molecule has 0 atom stereocenters. The van der Waals surface area contributed by atoms with Gasteiger partial charge in [-0.05, 0) is 39.0 Å². The lowest BCUT2D eigenvalue weighted by atomic mass is 10.1. The first kappa shape index (κ1) is 15.8. The van der Waals surface area contributed by atoms with Gasteiger partial charge in [0.15, 0.2) is 0 Å². The third kappa shape index (κ3) is 3.36. The van der Waals surface area contributed by atoms with Crippen molar-refractivity contribution in [3.05, 3.63) is 23.8 Å². The van der Waals surface area contributed by atoms with Gasteiger partial charge in [-0.25, -0.2) is 9.59 Å². The summed E-state index contributed by atoms with van der Waals surface area (Å²) in [5.41, 5.74) is 0.433. The molecule has 7 nitrogen and oxygen atoms in total. The Morgan fingerprint density at radius 1 is 1.27 bits per heavy atom. The zero-order valence-corrected chi connectivity index (χ0v) is 12.9. The van der Waals surface area contributed by atoms with Gasteiger partial charge in [-0.15, -0.1) is 0 Å². The van der Waals surface area contributed by atoms with Crippen LogP contribution in [-0.2, 0) is 14.3 Å². The molecule has 2 amide bonds. The van der Waals surface area contributed by atoms with Gasteiger partial charge in [-0.2, -0.15) is 0 Å². The molecule has 1 heterocycles. The van der Waals surface area contributed by atoms with Gasteiger partial charge in [0.2, 0.25) is 5.91 Å². The Hall–Kier alpha value is -2.57. The fourth-order valence-electron chi connectivity index (χ4n) is 2.00. The van der Waals surface area contributed by atoms with Crippen molar-refractivity contribution in [1.82, 2.24) is 0 Å². The van der Waals surface area contributed by atoms with E-state index in [2.05, 4.69) is 10.1 Å². The van der Waals surface area contributed by atoms with Crippen LogP contribution in [0.5, 0.6) is 0 Å². The fourth-order valence-corrected chi connectivity index (χ4v) is 2.00. The van der Waals surface area contributed by atoms with E-state index in [-0.39, 0.29) is 18.0 Å². The normalized spacial score (nSPS) is 14.0. The minimum atomic E-state index is -0.689. The third-order valence-corrected chi connectivity index (χ3v) is 2.90. The predicted molar refractivity (Wildman–Crippen MR) is 80.0 cm³/mol. The van der Waals surface area contributed by atoms with Crippen LogP contribution in [0.15, 0.2) is 18.2 Å². The first-order valence-electron chi connectivity index (χ1n) is 6.74. The Morgan fingerprint density at radius 3 is 2.55 bits per heavy atom. The molecule has 2 rings (SSSR count). The van der Waals surface area contributed by atoms with Gasteiger partial charge < -0.3 is 14.8 Å². The van der Waals surface area contributed by atoms with Crippen molar-refractivity contribution >= 4 is 29.3 Å². The zero-order chi connectivity index (χ0) is 16.5. The summed E-state index contributed by atoms with van der Waals surface area (Å²) in [7, 11) is 1.27. The number of esters is 1. The topological polar surface area (TPSA) is 84.9 Å². The van der Waals surface area contributed by atoms with Crippen LogP contribution in [0.1, 0.15) is 31.1 Å². The number of anilines is 2. The third-order valence-electron chi connectivity index (χ3n) is 2.90. The number of rotatable bonds is 1. The van der Waals surface area contributed by atoms with Crippen molar-refractivity contribution in [2.45, 2.75) is 26.4 Å². The number of methoxy groups -OCH3 is 1. The SMILES string of the molecule is COC(=O)c1ccc2c(c1)N(C(=O)OC(C)(C)C)CC(=O)N2. The summed E-state index contributed by atoms with van der Waals surface area (Å²) in [4.78, 5) is 36.8. The van der Waals surface area contributed by atoms with Gasteiger partial charge in [-0.1, -0.05) is 0 Å². The summed E-state index contributed by atoms with van der Waals surface area (Å²) in [5.74, 6) is -0.854. The molecule has 0 bridgehead atoms. The van der Waals surface area contributed by atoms with Crippen LogP contribution in [0, 0.1) is 0 Å². The Balaban J connectivity index is 2.40. The van der Waals surface area contributed by atoms with E-state index in [0.29, 0.717) is 11.4 Å². The number of benzene rings is 1. The molecule has 0 aromatic heterocycles. The summed E-state index contributed by atoms with van der Waals surface area (Å²) < 4.78 is 9.96. The summed E-state index contributed by atoms with van der Waals surface area (Å²) in [6.45, 7) is 5.04. The predicted octanol–water partition coefficient (Wildman–Crippen LogP) is 2.17. The van der Waals surface area contributed by atoms with Crippen LogP contribution >= 0.6 is 0 Å². The van der Waals surface area contributed by atoms with Crippen molar-refractivity contribution < 1.29 is 23.9 Å². The number of amides is 2. The first-order chi connectivity index (χ1) is 10.2. The highest BCUT2D eigenvalue weighted by molar-refractivity contribution is 6.09. The summed E-state index contributed by atoms with van der Waals surface area (Å²) >= 11 is 0. The van der Waals surface area contributed by atoms with E-state index in [1.807, 2.05) is 0 Å². The van der Waals surface area contributed by atoms with Crippen molar-refractivity contribution in [2.75, 3.05) is 23.9 Å². The molecule has 0 radical (unpaired) electrons. The molecule has 118 valence electrons. The minimum Gasteiger partial charge on any atom is -0.465 e.